The van der Waals surface area contributed by atoms with Gasteiger partial charge < -0.3 is 10.1 Å². The predicted octanol–water partition coefficient (Wildman–Crippen LogP) is 3.71. The molecule has 0 bridgehead atoms. The van der Waals surface area contributed by atoms with E-state index >= 15 is 0 Å². The zero-order valence-corrected chi connectivity index (χ0v) is 12.0. The molecular weight excluding hydrogens is 287 g/mol. The van der Waals surface area contributed by atoms with Crippen molar-refractivity contribution >= 4 is 29.2 Å². The van der Waals surface area contributed by atoms with Gasteiger partial charge in [-0.2, -0.15) is 15.0 Å². The van der Waals surface area contributed by atoms with E-state index in [1.807, 2.05) is 13.8 Å². The topological polar surface area (TPSA) is 59.9 Å². The van der Waals surface area contributed by atoms with Gasteiger partial charge in [0.2, 0.25) is 11.2 Å². The molecule has 7 heteroatoms. The van der Waals surface area contributed by atoms with E-state index in [0.29, 0.717) is 23.3 Å². The summed E-state index contributed by atoms with van der Waals surface area (Å²) in [7, 11) is 0. The van der Waals surface area contributed by atoms with Gasteiger partial charge in [-0.15, -0.1) is 0 Å². The second-order valence-electron chi connectivity index (χ2n) is 3.75. The number of anilines is 1. The van der Waals surface area contributed by atoms with E-state index in [1.54, 1.807) is 18.2 Å². The molecule has 0 saturated heterocycles. The van der Waals surface area contributed by atoms with Gasteiger partial charge >= 0.3 is 6.01 Å². The molecule has 0 aliphatic heterocycles. The van der Waals surface area contributed by atoms with Crippen molar-refractivity contribution in [1.82, 2.24) is 15.0 Å². The number of nitrogens with zero attached hydrogens (tertiary/aromatic N) is 3. The standard InChI is InChI=1S/C12H12Cl2N4O/c1-3-15-11-16-10(14)17-12(18-11)19-9-5-4-8(13)6-7(9)2/h4-6H,3H2,1-2H3,(H,15,16,17,18). The Kier molecular flexibility index (Phi) is 4.39. The van der Waals surface area contributed by atoms with Gasteiger partial charge in [0.1, 0.15) is 5.75 Å². The Labute approximate surface area is 121 Å². The number of aromatic nitrogens is 3. The maximum atomic E-state index is 5.88. The largest absolute Gasteiger partial charge is 0.424 e. The Bertz CT molecular complexity index is 592. The van der Waals surface area contributed by atoms with E-state index in [9.17, 15) is 0 Å². The van der Waals surface area contributed by atoms with Crippen molar-refractivity contribution in [3.05, 3.63) is 34.1 Å². The van der Waals surface area contributed by atoms with Crippen LogP contribution in [0.2, 0.25) is 10.3 Å². The van der Waals surface area contributed by atoms with E-state index in [4.69, 9.17) is 27.9 Å². The van der Waals surface area contributed by atoms with Gasteiger partial charge in [-0.05, 0) is 49.2 Å². The highest BCUT2D eigenvalue weighted by Crippen LogP contribution is 2.26. The summed E-state index contributed by atoms with van der Waals surface area (Å²) in [6.45, 7) is 4.50. The highest BCUT2D eigenvalue weighted by molar-refractivity contribution is 6.30. The van der Waals surface area contributed by atoms with Crippen molar-refractivity contribution in [2.45, 2.75) is 13.8 Å². The van der Waals surface area contributed by atoms with Crippen LogP contribution in [0.3, 0.4) is 0 Å². The lowest BCUT2D eigenvalue weighted by Gasteiger charge is -2.08. The first-order chi connectivity index (χ1) is 9.08. The van der Waals surface area contributed by atoms with Crippen LogP contribution in [0.4, 0.5) is 5.95 Å². The minimum Gasteiger partial charge on any atom is -0.424 e. The summed E-state index contributed by atoms with van der Waals surface area (Å²) >= 11 is 11.7. The number of rotatable bonds is 4. The molecule has 0 aliphatic carbocycles. The molecule has 2 rings (SSSR count). The second-order valence-corrected chi connectivity index (χ2v) is 4.53. The molecule has 0 radical (unpaired) electrons. The van der Waals surface area contributed by atoms with Gasteiger partial charge in [0.15, 0.2) is 0 Å². The Balaban J connectivity index is 2.27. The second kappa shape index (κ2) is 6.04. The molecule has 1 heterocycles. The smallest absolute Gasteiger partial charge is 0.328 e. The van der Waals surface area contributed by atoms with Crippen LogP contribution in [0.25, 0.3) is 0 Å². The van der Waals surface area contributed by atoms with Gasteiger partial charge in [0.05, 0.1) is 0 Å². The third-order valence-corrected chi connectivity index (χ3v) is 2.66. The minimum absolute atomic E-state index is 0.0765. The molecule has 1 aromatic carbocycles. The molecule has 0 fully saturated rings. The van der Waals surface area contributed by atoms with Crippen molar-refractivity contribution < 1.29 is 4.74 Å². The Morgan fingerprint density at radius 2 is 2.00 bits per heavy atom. The highest BCUT2D eigenvalue weighted by Gasteiger charge is 2.08. The average molecular weight is 299 g/mol. The van der Waals surface area contributed by atoms with Crippen LogP contribution in [-0.2, 0) is 0 Å². The third-order valence-electron chi connectivity index (χ3n) is 2.26. The average Bonchev–Trinajstić information content (AvgIpc) is 2.32. The summed E-state index contributed by atoms with van der Waals surface area (Å²) < 4.78 is 5.59. The fourth-order valence-corrected chi connectivity index (χ4v) is 1.82. The van der Waals surface area contributed by atoms with Crippen LogP contribution in [0, 0.1) is 6.92 Å². The normalized spacial score (nSPS) is 10.3. The first-order valence-electron chi connectivity index (χ1n) is 5.68. The maximum Gasteiger partial charge on any atom is 0.328 e. The van der Waals surface area contributed by atoms with Crippen molar-refractivity contribution in [3.8, 4) is 11.8 Å². The summed E-state index contributed by atoms with van der Waals surface area (Å²) in [5.41, 5.74) is 0.883. The number of aryl methyl sites for hydroxylation is 1. The zero-order valence-electron chi connectivity index (χ0n) is 10.4. The lowest BCUT2D eigenvalue weighted by Crippen LogP contribution is -2.05. The molecule has 1 aromatic heterocycles. The van der Waals surface area contributed by atoms with Crippen molar-refractivity contribution in [1.29, 1.82) is 0 Å². The van der Waals surface area contributed by atoms with Gasteiger partial charge in [-0.1, -0.05) is 11.6 Å². The summed E-state index contributed by atoms with van der Waals surface area (Å²) in [6, 6.07) is 5.42. The predicted molar refractivity (Wildman–Crippen MR) is 75.3 cm³/mol. The van der Waals surface area contributed by atoms with Crippen molar-refractivity contribution in [2.24, 2.45) is 0 Å². The lowest BCUT2D eigenvalue weighted by molar-refractivity contribution is 0.437. The van der Waals surface area contributed by atoms with Crippen LogP contribution in [0.1, 0.15) is 12.5 Å². The molecule has 2 aromatic rings. The van der Waals surface area contributed by atoms with Crippen LogP contribution in [0.15, 0.2) is 18.2 Å². The van der Waals surface area contributed by atoms with Crippen LogP contribution >= 0.6 is 23.2 Å². The monoisotopic (exact) mass is 298 g/mol. The summed E-state index contributed by atoms with van der Waals surface area (Å²) in [6.07, 6.45) is 0. The summed E-state index contributed by atoms with van der Waals surface area (Å²) in [5.74, 6) is 0.998. The Morgan fingerprint density at radius 3 is 2.68 bits per heavy atom. The van der Waals surface area contributed by atoms with E-state index in [-0.39, 0.29) is 11.3 Å². The van der Waals surface area contributed by atoms with Gasteiger partial charge in [-0.3, -0.25) is 0 Å². The third kappa shape index (κ3) is 3.68. The van der Waals surface area contributed by atoms with E-state index in [1.165, 1.54) is 0 Å². The van der Waals surface area contributed by atoms with E-state index < -0.39 is 0 Å². The highest BCUT2D eigenvalue weighted by atomic mass is 35.5. The minimum atomic E-state index is 0.0765. The number of hydrogen-bond donors (Lipinski definition) is 1. The SMILES string of the molecule is CCNc1nc(Cl)nc(Oc2ccc(Cl)cc2C)n1. The lowest BCUT2D eigenvalue weighted by atomic mass is 10.2. The number of hydrogen-bond acceptors (Lipinski definition) is 5. The first-order valence-corrected chi connectivity index (χ1v) is 6.43. The number of benzene rings is 1. The molecule has 19 heavy (non-hydrogen) atoms. The summed E-state index contributed by atoms with van der Waals surface area (Å²) in [5, 5.41) is 3.67. The quantitative estimate of drug-likeness (QED) is 0.932. The number of ether oxygens (including phenoxy) is 1. The molecular formula is C12H12Cl2N4O. The first kappa shape index (κ1) is 13.8. The number of halogens is 2. The van der Waals surface area contributed by atoms with Crippen molar-refractivity contribution in [2.75, 3.05) is 11.9 Å². The maximum absolute atomic E-state index is 5.88. The van der Waals surface area contributed by atoms with Crippen LogP contribution in [0.5, 0.6) is 11.8 Å². The molecule has 0 amide bonds. The molecule has 100 valence electrons. The van der Waals surface area contributed by atoms with Gasteiger partial charge in [0, 0.05) is 11.6 Å². The fraction of sp³-hybridized carbons (Fsp3) is 0.250. The molecule has 5 nitrogen and oxygen atoms in total. The van der Waals surface area contributed by atoms with E-state index in [2.05, 4.69) is 20.3 Å². The fourth-order valence-electron chi connectivity index (χ4n) is 1.44. The van der Waals surface area contributed by atoms with Gasteiger partial charge in [0.25, 0.3) is 0 Å². The molecule has 1 N–H and O–H groups in total. The van der Waals surface area contributed by atoms with Crippen LogP contribution in [-0.4, -0.2) is 21.5 Å². The number of nitrogens with one attached hydrogen (secondary N) is 1. The molecule has 0 unspecified atom stereocenters. The van der Waals surface area contributed by atoms with Gasteiger partial charge in [-0.25, -0.2) is 0 Å². The Morgan fingerprint density at radius 1 is 1.21 bits per heavy atom. The van der Waals surface area contributed by atoms with Crippen LogP contribution < -0.4 is 10.1 Å². The molecule has 0 aliphatic rings. The van der Waals surface area contributed by atoms with E-state index in [0.717, 1.165) is 5.56 Å². The Hall–Kier alpha value is -1.59. The summed E-state index contributed by atoms with van der Waals surface area (Å²) in [4.78, 5) is 12.0. The molecule has 0 atom stereocenters. The molecule has 0 saturated carbocycles. The molecule has 0 spiro atoms. The zero-order chi connectivity index (χ0) is 13.8. The van der Waals surface area contributed by atoms with Crippen molar-refractivity contribution in [3.63, 3.8) is 0 Å².